The third kappa shape index (κ3) is 4.46. The molecule has 0 aromatic heterocycles. The van der Waals surface area contributed by atoms with Crippen LogP contribution in [0, 0.1) is 0 Å². The SMILES string of the molecule is CCN1C2=C(C(=O)CCC2)C(c2ccccc2OCC(=O)Nc2ccccc2Cl)C2=C1CCCC2=O. The maximum atomic E-state index is 13.3. The molecular formula is C29H29ClN2O4. The number of nitrogens with zero attached hydrogens (tertiary/aromatic N) is 1. The molecule has 0 atom stereocenters. The predicted octanol–water partition coefficient (Wildman–Crippen LogP) is 5.79. The van der Waals surface area contributed by atoms with Gasteiger partial charge in [-0.25, -0.2) is 0 Å². The summed E-state index contributed by atoms with van der Waals surface area (Å²) in [6.45, 7) is 2.57. The number of benzene rings is 2. The van der Waals surface area contributed by atoms with E-state index in [-0.39, 0.29) is 24.1 Å². The van der Waals surface area contributed by atoms with Gasteiger partial charge in [-0.3, -0.25) is 14.4 Å². The normalized spacial score (nSPS) is 18.2. The molecule has 0 radical (unpaired) electrons. The van der Waals surface area contributed by atoms with Crippen molar-refractivity contribution in [3.63, 3.8) is 0 Å². The Morgan fingerprint density at radius 1 is 0.944 bits per heavy atom. The molecule has 2 aromatic carbocycles. The number of amides is 1. The smallest absolute Gasteiger partial charge is 0.262 e. The van der Waals surface area contributed by atoms with Crippen molar-refractivity contribution in [2.45, 2.75) is 51.4 Å². The lowest BCUT2D eigenvalue weighted by atomic mass is 9.70. The summed E-state index contributed by atoms with van der Waals surface area (Å²) in [5.41, 5.74) is 4.78. The monoisotopic (exact) mass is 504 g/mol. The van der Waals surface area contributed by atoms with Crippen molar-refractivity contribution in [2.24, 2.45) is 0 Å². The highest BCUT2D eigenvalue weighted by Crippen LogP contribution is 2.50. The zero-order valence-electron chi connectivity index (χ0n) is 20.3. The minimum Gasteiger partial charge on any atom is -0.483 e. The Bertz CT molecular complexity index is 1250. The fraction of sp³-hybridized carbons (Fsp3) is 0.345. The molecule has 2 aromatic rings. The Labute approximate surface area is 216 Å². The van der Waals surface area contributed by atoms with E-state index < -0.39 is 5.92 Å². The largest absolute Gasteiger partial charge is 0.483 e. The van der Waals surface area contributed by atoms with E-state index in [2.05, 4.69) is 17.1 Å². The molecule has 7 heteroatoms. The van der Waals surface area contributed by atoms with Crippen LogP contribution in [0.5, 0.6) is 5.75 Å². The van der Waals surface area contributed by atoms with Crippen LogP contribution in [0.2, 0.25) is 5.02 Å². The van der Waals surface area contributed by atoms with E-state index >= 15 is 0 Å². The summed E-state index contributed by atoms with van der Waals surface area (Å²) in [4.78, 5) is 41.5. The molecule has 0 fully saturated rings. The molecule has 0 saturated heterocycles. The highest BCUT2D eigenvalue weighted by Gasteiger charge is 2.43. The maximum Gasteiger partial charge on any atom is 0.262 e. The molecule has 1 aliphatic heterocycles. The molecule has 0 saturated carbocycles. The number of halogens is 1. The molecule has 36 heavy (non-hydrogen) atoms. The number of anilines is 1. The first kappa shape index (κ1) is 24.3. The molecule has 186 valence electrons. The fourth-order valence-corrected chi connectivity index (χ4v) is 5.83. The van der Waals surface area contributed by atoms with Gasteiger partial charge in [-0.2, -0.15) is 0 Å². The van der Waals surface area contributed by atoms with E-state index in [0.29, 0.717) is 40.4 Å². The number of ether oxygens (including phenoxy) is 1. The van der Waals surface area contributed by atoms with Gasteiger partial charge < -0.3 is 15.0 Å². The third-order valence-corrected chi connectivity index (χ3v) is 7.47. The molecular weight excluding hydrogens is 476 g/mol. The van der Waals surface area contributed by atoms with Gasteiger partial charge in [-0.15, -0.1) is 0 Å². The highest BCUT2D eigenvalue weighted by molar-refractivity contribution is 6.33. The van der Waals surface area contributed by atoms with Crippen molar-refractivity contribution in [2.75, 3.05) is 18.5 Å². The number of rotatable bonds is 6. The van der Waals surface area contributed by atoms with Crippen LogP contribution in [-0.4, -0.2) is 35.5 Å². The second kappa shape index (κ2) is 10.3. The van der Waals surface area contributed by atoms with Crippen molar-refractivity contribution in [3.05, 3.63) is 81.7 Å². The molecule has 0 bridgehead atoms. The summed E-state index contributed by atoms with van der Waals surface area (Å²) in [6, 6.07) is 14.4. The van der Waals surface area contributed by atoms with Gasteiger partial charge in [0.15, 0.2) is 18.2 Å². The van der Waals surface area contributed by atoms with Crippen LogP contribution in [-0.2, 0) is 14.4 Å². The van der Waals surface area contributed by atoms with E-state index in [1.807, 2.05) is 18.2 Å². The van der Waals surface area contributed by atoms with Crippen molar-refractivity contribution in [1.29, 1.82) is 0 Å². The number of ketones is 2. The summed E-state index contributed by atoms with van der Waals surface area (Å²) < 4.78 is 6.01. The van der Waals surface area contributed by atoms with Crippen LogP contribution in [0.4, 0.5) is 5.69 Å². The van der Waals surface area contributed by atoms with Crippen LogP contribution in [0.3, 0.4) is 0 Å². The van der Waals surface area contributed by atoms with Crippen molar-refractivity contribution < 1.29 is 19.1 Å². The van der Waals surface area contributed by atoms with E-state index in [4.69, 9.17) is 16.3 Å². The lowest BCUT2D eigenvalue weighted by Crippen LogP contribution is -2.39. The van der Waals surface area contributed by atoms with Crippen LogP contribution in [0.1, 0.15) is 56.9 Å². The van der Waals surface area contributed by atoms with Crippen molar-refractivity contribution in [1.82, 2.24) is 4.90 Å². The van der Waals surface area contributed by atoms with E-state index in [1.54, 1.807) is 30.3 Å². The van der Waals surface area contributed by atoms with Gasteiger partial charge in [-0.05, 0) is 50.8 Å². The average molecular weight is 505 g/mol. The summed E-state index contributed by atoms with van der Waals surface area (Å²) in [6.07, 6.45) is 4.23. The Morgan fingerprint density at radius 3 is 2.19 bits per heavy atom. The Hall–Kier alpha value is -3.38. The minimum absolute atomic E-state index is 0.0934. The number of nitrogens with one attached hydrogen (secondary N) is 1. The molecule has 2 aliphatic carbocycles. The molecule has 5 rings (SSSR count). The molecule has 6 nitrogen and oxygen atoms in total. The molecule has 1 amide bonds. The number of Topliss-reactive ketones (excluding diaryl/α,β-unsaturated/α-hetero) is 2. The van der Waals surface area contributed by atoms with Gasteiger partial charge >= 0.3 is 0 Å². The van der Waals surface area contributed by atoms with Crippen LogP contribution in [0.15, 0.2) is 71.1 Å². The van der Waals surface area contributed by atoms with Crippen molar-refractivity contribution in [3.8, 4) is 5.75 Å². The van der Waals surface area contributed by atoms with Gasteiger partial charge in [0.2, 0.25) is 0 Å². The number of carbonyl (C=O) groups excluding carboxylic acids is 3. The molecule has 0 unspecified atom stereocenters. The summed E-state index contributed by atoms with van der Waals surface area (Å²) >= 11 is 6.16. The minimum atomic E-state index is -0.471. The van der Waals surface area contributed by atoms with Crippen LogP contribution >= 0.6 is 11.6 Å². The molecule has 1 heterocycles. The van der Waals surface area contributed by atoms with Crippen molar-refractivity contribution >= 4 is 34.8 Å². The van der Waals surface area contributed by atoms with Gasteiger partial charge in [0.1, 0.15) is 5.75 Å². The van der Waals surface area contributed by atoms with E-state index in [9.17, 15) is 14.4 Å². The number of para-hydroxylation sites is 2. The topological polar surface area (TPSA) is 75.7 Å². The first-order valence-electron chi connectivity index (χ1n) is 12.6. The van der Waals surface area contributed by atoms with Gasteiger partial charge in [0.05, 0.1) is 10.7 Å². The maximum absolute atomic E-state index is 13.3. The summed E-state index contributed by atoms with van der Waals surface area (Å²) in [5.74, 6) is -0.133. The highest BCUT2D eigenvalue weighted by atomic mass is 35.5. The number of allylic oxidation sites excluding steroid dienone is 4. The first-order valence-corrected chi connectivity index (χ1v) is 12.9. The number of hydrogen-bond donors (Lipinski definition) is 1. The lowest BCUT2D eigenvalue weighted by molar-refractivity contribution is -0.119. The number of carbonyl (C=O) groups is 3. The Balaban J connectivity index is 1.51. The van der Waals surface area contributed by atoms with Crippen LogP contribution < -0.4 is 10.1 Å². The standard InChI is InChI=1S/C29H29ClN2O4/c1-2-32-21-12-7-14-23(33)28(21)27(29-22(32)13-8-15-24(29)34)18-9-3-6-16-25(18)36-17-26(35)31-20-11-5-4-10-19(20)30/h3-6,9-11,16,27H,2,7-8,12-15,17H2,1H3,(H,31,35). The van der Waals surface area contributed by atoms with Gasteiger partial charge in [0.25, 0.3) is 5.91 Å². The number of hydrogen-bond acceptors (Lipinski definition) is 5. The summed E-state index contributed by atoms with van der Waals surface area (Å²) in [7, 11) is 0. The van der Waals surface area contributed by atoms with Gasteiger partial charge in [0, 0.05) is 53.4 Å². The molecule has 0 spiro atoms. The second-order valence-electron chi connectivity index (χ2n) is 9.31. The van der Waals surface area contributed by atoms with Crippen LogP contribution in [0.25, 0.3) is 0 Å². The first-order chi connectivity index (χ1) is 17.5. The average Bonchev–Trinajstić information content (AvgIpc) is 2.88. The summed E-state index contributed by atoms with van der Waals surface area (Å²) in [5, 5.41) is 3.21. The second-order valence-corrected chi connectivity index (χ2v) is 9.71. The quantitative estimate of drug-likeness (QED) is 0.538. The lowest BCUT2D eigenvalue weighted by Gasteiger charge is -2.43. The predicted molar refractivity (Wildman–Crippen MR) is 139 cm³/mol. The Morgan fingerprint density at radius 2 is 1.56 bits per heavy atom. The van der Waals surface area contributed by atoms with E-state index in [0.717, 1.165) is 49.2 Å². The molecule has 1 N–H and O–H groups in total. The zero-order valence-corrected chi connectivity index (χ0v) is 21.1. The fourth-order valence-electron chi connectivity index (χ4n) is 5.65. The third-order valence-electron chi connectivity index (χ3n) is 7.14. The zero-order chi connectivity index (χ0) is 25.2. The van der Waals surface area contributed by atoms with Gasteiger partial charge in [-0.1, -0.05) is 41.9 Å². The van der Waals surface area contributed by atoms with E-state index in [1.165, 1.54) is 0 Å². The molecule has 3 aliphatic rings. The Kier molecular flexibility index (Phi) is 6.97.